The van der Waals surface area contributed by atoms with Gasteiger partial charge in [0.1, 0.15) is 11.5 Å². The number of aromatic nitrogens is 1. The number of halogens is 1. The average Bonchev–Trinajstić information content (AvgIpc) is 3.21. The van der Waals surface area contributed by atoms with Crippen LogP contribution >= 0.6 is 11.6 Å². The number of ether oxygens (including phenoxy) is 2. The standard InChI is InChI=1S/C22H23ClN2O4/c1-25(14-15-8-9-16(27-2)12-19(15)28-3)22(26)11-10-21-24-13-20(29-21)17-6-4-5-7-18(17)23/h4-9,12-13H,10-11,14H2,1-3H3. The van der Waals surface area contributed by atoms with Crippen molar-refractivity contribution in [1.82, 2.24) is 9.88 Å². The van der Waals surface area contributed by atoms with Gasteiger partial charge in [-0.2, -0.15) is 0 Å². The van der Waals surface area contributed by atoms with Crippen molar-refractivity contribution >= 4 is 17.5 Å². The van der Waals surface area contributed by atoms with Gasteiger partial charge in [0.05, 0.1) is 25.4 Å². The molecule has 0 saturated heterocycles. The predicted molar refractivity (Wildman–Crippen MR) is 111 cm³/mol. The molecule has 1 aromatic heterocycles. The third-order valence-electron chi connectivity index (χ3n) is 4.57. The van der Waals surface area contributed by atoms with Gasteiger partial charge in [-0.3, -0.25) is 4.79 Å². The Morgan fingerprint density at radius 3 is 2.69 bits per heavy atom. The smallest absolute Gasteiger partial charge is 0.223 e. The summed E-state index contributed by atoms with van der Waals surface area (Å²) in [5, 5.41) is 0.597. The van der Waals surface area contributed by atoms with E-state index in [1.165, 1.54) is 0 Å². The third-order valence-corrected chi connectivity index (χ3v) is 4.90. The number of hydrogen-bond acceptors (Lipinski definition) is 5. The lowest BCUT2D eigenvalue weighted by atomic mass is 10.1. The first kappa shape index (κ1) is 20.7. The molecule has 0 bridgehead atoms. The number of oxazole rings is 1. The number of carbonyl (C=O) groups is 1. The van der Waals surface area contributed by atoms with Crippen LogP contribution in [0.3, 0.4) is 0 Å². The summed E-state index contributed by atoms with van der Waals surface area (Å²) in [4.78, 5) is 18.5. The van der Waals surface area contributed by atoms with Gasteiger partial charge in [0.2, 0.25) is 5.91 Å². The largest absolute Gasteiger partial charge is 0.497 e. The van der Waals surface area contributed by atoms with Crippen LogP contribution in [0.1, 0.15) is 17.9 Å². The first-order valence-electron chi connectivity index (χ1n) is 9.16. The molecule has 0 fully saturated rings. The number of methoxy groups -OCH3 is 2. The highest BCUT2D eigenvalue weighted by Crippen LogP contribution is 2.28. The zero-order chi connectivity index (χ0) is 20.8. The second kappa shape index (κ2) is 9.47. The van der Waals surface area contributed by atoms with Crippen molar-refractivity contribution in [2.75, 3.05) is 21.3 Å². The van der Waals surface area contributed by atoms with Crippen LogP contribution in [0, 0.1) is 0 Å². The van der Waals surface area contributed by atoms with Crippen molar-refractivity contribution < 1.29 is 18.7 Å². The fraction of sp³-hybridized carbons (Fsp3) is 0.273. The van der Waals surface area contributed by atoms with Crippen molar-refractivity contribution in [3.05, 3.63) is 65.1 Å². The Kier molecular flexibility index (Phi) is 6.77. The molecule has 6 nitrogen and oxygen atoms in total. The molecule has 0 N–H and O–H groups in total. The molecular weight excluding hydrogens is 392 g/mol. The van der Waals surface area contributed by atoms with Gasteiger partial charge in [-0.25, -0.2) is 4.98 Å². The number of hydrogen-bond donors (Lipinski definition) is 0. The van der Waals surface area contributed by atoms with Crippen LogP contribution in [0.5, 0.6) is 11.5 Å². The highest BCUT2D eigenvalue weighted by atomic mass is 35.5. The maximum atomic E-state index is 12.5. The molecule has 2 aromatic carbocycles. The number of amides is 1. The van der Waals surface area contributed by atoms with Gasteiger partial charge in [0.15, 0.2) is 11.7 Å². The van der Waals surface area contributed by atoms with Gasteiger partial charge in [0.25, 0.3) is 0 Å². The van der Waals surface area contributed by atoms with E-state index in [-0.39, 0.29) is 12.3 Å². The van der Waals surface area contributed by atoms with Crippen LogP contribution in [0.25, 0.3) is 11.3 Å². The summed E-state index contributed by atoms with van der Waals surface area (Å²) in [7, 11) is 4.96. The predicted octanol–water partition coefficient (Wildman–Crippen LogP) is 4.60. The quantitative estimate of drug-likeness (QED) is 0.538. The molecule has 29 heavy (non-hydrogen) atoms. The van der Waals surface area contributed by atoms with Gasteiger partial charge in [-0.15, -0.1) is 0 Å². The minimum absolute atomic E-state index is 0.0136. The topological polar surface area (TPSA) is 64.8 Å². The molecule has 0 aliphatic carbocycles. The van der Waals surface area contributed by atoms with E-state index >= 15 is 0 Å². The Bertz CT molecular complexity index is 986. The Morgan fingerprint density at radius 1 is 1.17 bits per heavy atom. The van der Waals surface area contributed by atoms with Gasteiger partial charge in [0, 0.05) is 43.6 Å². The number of benzene rings is 2. The lowest BCUT2D eigenvalue weighted by Gasteiger charge is -2.19. The highest BCUT2D eigenvalue weighted by Gasteiger charge is 2.15. The Morgan fingerprint density at radius 2 is 1.97 bits per heavy atom. The number of carbonyl (C=O) groups excluding carboxylic acids is 1. The first-order valence-corrected chi connectivity index (χ1v) is 9.54. The first-order chi connectivity index (χ1) is 14.0. The minimum atomic E-state index is -0.0136. The maximum Gasteiger partial charge on any atom is 0.223 e. The summed E-state index contributed by atoms with van der Waals surface area (Å²) in [5.41, 5.74) is 1.68. The van der Waals surface area contributed by atoms with Crippen molar-refractivity contribution in [1.29, 1.82) is 0 Å². The average molecular weight is 415 g/mol. The highest BCUT2D eigenvalue weighted by molar-refractivity contribution is 6.33. The van der Waals surface area contributed by atoms with Crippen LogP contribution in [0.15, 0.2) is 53.1 Å². The Balaban J connectivity index is 1.59. The van der Waals surface area contributed by atoms with Crippen LogP contribution in [0.2, 0.25) is 5.02 Å². The maximum absolute atomic E-state index is 12.5. The molecule has 1 heterocycles. The van der Waals surface area contributed by atoms with E-state index in [4.69, 9.17) is 25.5 Å². The van der Waals surface area contributed by atoms with E-state index < -0.39 is 0 Å². The van der Waals surface area contributed by atoms with Gasteiger partial charge < -0.3 is 18.8 Å². The van der Waals surface area contributed by atoms with Crippen molar-refractivity contribution in [3.8, 4) is 22.8 Å². The molecule has 1 amide bonds. The van der Waals surface area contributed by atoms with E-state index in [9.17, 15) is 4.79 Å². The summed E-state index contributed by atoms with van der Waals surface area (Å²) in [6, 6.07) is 12.9. The van der Waals surface area contributed by atoms with E-state index in [2.05, 4.69) is 4.98 Å². The summed E-state index contributed by atoms with van der Waals surface area (Å²) >= 11 is 6.19. The normalized spacial score (nSPS) is 10.6. The number of aryl methyl sites for hydroxylation is 1. The fourth-order valence-electron chi connectivity index (χ4n) is 2.94. The third kappa shape index (κ3) is 5.09. The van der Waals surface area contributed by atoms with Gasteiger partial charge in [-0.05, 0) is 24.3 Å². The summed E-state index contributed by atoms with van der Waals surface area (Å²) in [5.74, 6) is 2.47. The molecular formula is C22H23ClN2O4. The van der Waals surface area contributed by atoms with E-state index in [0.29, 0.717) is 41.1 Å². The monoisotopic (exact) mass is 414 g/mol. The van der Waals surface area contributed by atoms with Crippen LogP contribution in [-0.4, -0.2) is 37.1 Å². The molecule has 3 aromatic rings. The van der Waals surface area contributed by atoms with E-state index in [1.807, 2.05) is 30.3 Å². The van der Waals surface area contributed by atoms with E-state index in [0.717, 1.165) is 11.1 Å². The van der Waals surface area contributed by atoms with Gasteiger partial charge in [-0.1, -0.05) is 23.7 Å². The molecule has 0 unspecified atom stereocenters. The lowest BCUT2D eigenvalue weighted by molar-refractivity contribution is -0.130. The van der Waals surface area contributed by atoms with Crippen LogP contribution < -0.4 is 9.47 Å². The fourth-order valence-corrected chi connectivity index (χ4v) is 3.17. The zero-order valence-electron chi connectivity index (χ0n) is 16.6. The molecule has 0 radical (unpaired) electrons. The number of rotatable bonds is 8. The van der Waals surface area contributed by atoms with E-state index in [1.54, 1.807) is 44.5 Å². The summed E-state index contributed by atoms with van der Waals surface area (Å²) in [6.45, 7) is 0.433. The van der Waals surface area contributed by atoms with Crippen molar-refractivity contribution in [2.24, 2.45) is 0 Å². The number of nitrogens with zero attached hydrogens (tertiary/aromatic N) is 2. The second-order valence-electron chi connectivity index (χ2n) is 6.53. The molecule has 0 saturated carbocycles. The second-order valence-corrected chi connectivity index (χ2v) is 6.93. The molecule has 152 valence electrons. The Labute approximate surface area is 175 Å². The van der Waals surface area contributed by atoms with Gasteiger partial charge >= 0.3 is 0 Å². The summed E-state index contributed by atoms with van der Waals surface area (Å²) < 4.78 is 16.4. The molecule has 3 rings (SSSR count). The Hall–Kier alpha value is -2.99. The van der Waals surface area contributed by atoms with Crippen molar-refractivity contribution in [2.45, 2.75) is 19.4 Å². The molecule has 7 heteroatoms. The van der Waals surface area contributed by atoms with Crippen molar-refractivity contribution in [3.63, 3.8) is 0 Å². The van der Waals surface area contributed by atoms with Crippen LogP contribution in [-0.2, 0) is 17.8 Å². The lowest BCUT2D eigenvalue weighted by Crippen LogP contribution is -2.26. The minimum Gasteiger partial charge on any atom is -0.497 e. The molecule has 0 aliphatic heterocycles. The summed E-state index contributed by atoms with van der Waals surface area (Å²) in [6.07, 6.45) is 2.33. The SMILES string of the molecule is COc1ccc(CN(C)C(=O)CCc2ncc(-c3ccccc3Cl)o2)c(OC)c1. The zero-order valence-corrected chi connectivity index (χ0v) is 17.4. The van der Waals surface area contributed by atoms with Crippen LogP contribution in [0.4, 0.5) is 0 Å². The molecule has 0 atom stereocenters. The molecule has 0 spiro atoms. The molecule has 0 aliphatic rings.